The molecule has 0 aliphatic carbocycles. The van der Waals surface area contributed by atoms with E-state index in [0.29, 0.717) is 5.01 Å². The summed E-state index contributed by atoms with van der Waals surface area (Å²) in [5.74, 6) is -0.882. The van der Waals surface area contributed by atoms with E-state index in [1.54, 1.807) is 5.38 Å². The van der Waals surface area contributed by atoms with Crippen molar-refractivity contribution in [3.8, 4) is 16.4 Å². The molecule has 28 heavy (non-hydrogen) atoms. The maximum absolute atomic E-state index is 13.1. The van der Waals surface area contributed by atoms with Gasteiger partial charge in [0.15, 0.2) is 5.69 Å². The first-order valence-corrected chi connectivity index (χ1v) is 9.56. The summed E-state index contributed by atoms with van der Waals surface area (Å²) >= 11 is 1.14. The van der Waals surface area contributed by atoms with Gasteiger partial charge in [-0.1, -0.05) is 0 Å². The van der Waals surface area contributed by atoms with Crippen molar-refractivity contribution in [1.82, 2.24) is 14.8 Å². The summed E-state index contributed by atoms with van der Waals surface area (Å²) in [5.41, 5.74) is -0.796. The first-order valence-electron chi connectivity index (χ1n) is 7.24. The topological polar surface area (TPSA) is 96.0 Å². The Bertz CT molecular complexity index is 1080. The molecule has 0 fully saturated rings. The van der Waals surface area contributed by atoms with Crippen LogP contribution in [0.25, 0.3) is 21.1 Å². The van der Waals surface area contributed by atoms with Gasteiger partial charge in [0.2, 0.25) is 0 Å². The molecule has 0 aliphatic heterocycles. The molecule has 0 bridgehead atoms. The Morgan fingerprint density at radius 3 is 2.36 bits per heavy atom. The minimum Gasteiger partial charge on any atom is -0.542 e. The molecule has 0 unspecified atom stereocenters. The molecule has 0 aliphatic rings. The summed E-state index contributed by atoms with van der Waals surface area (Å²) in [6, 6.07) is 5.68. The van der Waals surface area contributed by atoms with E-state index in [1.807, 2.05) is 0 Å². The molecule has 2 aromatic heterocycles. The predicted octanol–water partition coefficient (Wildman–Crippen LogP) is 0.627. The molecule has 142 valence electrons. The second kappa shape index (κ2) is 8.33. The van der Waals surface area contributed by atoms with Crippen molar-refractivity contribution in [3.05, 3.63) is 52.3 Å². The first kappa shape index (κ1) is 22.6. The summed E-state index contributed by atoms with van der Waals surface area (Å²) < 4.78 is 67.1. The molecule has 0 atom stereocenters. The van der Waals surface area contributed by atoms with Crippen LogP contribution in [-0.2, 0) is 21.0 Å². The summed E-state index contributed by atoms with van der Waals surface area (Å²) in [7, 11) is -4.17. The molecule has 0 radical (unpaired) electrons. The van der Waals surface area contributed by atoms with Gasteiger partial charge in [-0.15, -0.1) is 11.3 Å². The van der Waals surface area contributed by atoms with Crippen LogP contribution in [0.1, 0.15) is 12.6 Å². The minimum absolute atomic E-state index is 0. The van der Waals surface area contributed by atoms with Crippen LogP contribution in [0.5, 0.6) is 0 Å². The second-order valence-corrected chi connectivity index (χ2v) is 7.74. The normalized spacial score (nSPS) is 11.7. The molecule has 3 rings (SSSR count). The van der Waals surface area contributed by atoms with E-state index in [1.165, 1.54) is 18.3 Å². The van der Waals surface area contributed by atoms with Crippen LogP contribution in [0.3, 0.4) is 0 Å². The quantitative estimate of drug-likeness (QED) is 0.557. The molecule has 2 heterocycles. The van der Waals surface area contributed by atoms with Crippen LogP contribution in [0.4, 0.5) is 13.2 Å². The average Bonchev–Trinajstić information content (AvgIpc) is 3.22. The fourth-order valence-electron chi connectivity index (χ4n) is 2.20. The zero-order chi connectivity index (χ0) is 19.8. The third kappa shape index (κ3) is 4.81. The molecular formula is C15H10F3N4NaO3S2. The van der Waals surface area contributed by atoms with Gasteiger partial charge in [-0.2, -0.15) is 18.3 Å². The van der Waals surface area contributed by atoms with Crippen LogP contribution in [0, 0.1) is 0 Å². The minimum atomic E-state index is -4.65. The molecule has 0 saturated carbocycles. The van der Waals surface area contributed by atoms with E-state index < -0.39 is 27.8 Å². The van der Waals surface area contributed by atoms with Crippen LogP contribution in [-0.4, -0.2) is 29.1 Å². The SMILES string of the molecule is CC(=O)[N-]S(=O)(=O)c1ccc(-n2nc(C(F)(F)F)cc2-c2nccs2)cc1.[Na+]. The number of hydrogen-bond donors (Lipinski definition) is 0. The second-order valence-electron chi connectivity index (χ2n) is 5.24. The number of alkyl halides is 3. The van der Waals surface area contributed by atoms with E-state index in [0.717, 1.165) is 41.1 Å². The predicted molar refractivity (Wildman–Crippen MR) is 90.9 cm³/mol. The maximum atomic E-state index is 13.1. The zero-order valence-electron chi connectivity index (χ0n) is 14.5. The monoisotopic (exact) mass is 438 g/mol. The molecule has 1 aromatic carbocycles. The molecule has 0 saturated heterocycles. The molecule has 0 spiro atoms. The van der Waals surface area contributed by atoms with Gasteiger partial charge in [0.25, 0.3) is 0 Å². The zero-order valence-corrected chi connectivity index (χ0v) is 18.1. The van der Waals surface area contributed by atoms with Crippen molar-refractivity contribution >= 4 is 27.3 Å². The van der Waals surface area contributed by atoms with Crippen molar-refractivity contribution in [1.29, 1.82) is 0 Å². The van der Waals surface area contributed by atoms with E-state index in [-0.39, 0.29) is 45.8 Å². The molecule has 0 N–H and O–H groups in total. The number of amides is 1. The maximum Gasteiger partial charge on any atom is 1.00 e. The number of nitrogens with zero attached hydrogens (tertiary/aromatic N) is 4. The molecule has 13 heteroatoms. The number of thiazole rings is 1. The van der Waals surface area contributed by atoms with E-state index in [2.05, 4.69) is 14.8 Å². The summed E-state index contributed by atoms with van der Waals surface area (Å²) in [6.07, 6.45) is -3.20. The Labute approximate surface area is 183 Å². The Morgan fingerprint density at radius 1 is 1.21 bits per heavy atom. The molecular weight excluding hydrogens is 428 g/mol. The molecule has 1 amide bonds. The van der Waals surface area contributed by atoms with Crippen molar-refractivity contribution in [2.45, 2.75) is 18.0 Å². The van der Waals surface area contributed by atoms with Gasteiger partial charge >= 0.3 is 35.7 Å². The Balaban J connectivity index is 0.00000280. The van der Waals surface area contributed by atoms with Gasteiger partial charge in [-0.25, -0.2) is 18.1 Å². The van der Waals surface area contributed by atoms with Crippen molar-refractivity contribution in [2.75, 3.05) is 0 Å². The smallest absolute Gasteiger partial charge is 0.542 e. The summed E-state index contributed by atoms with van der Waals surface area (Å²) in [5, 5.41) is 5.51. The van der Waals surface area contributed by atoms with Crippen molar-refractivity contribution in [2.24, 2.45) is 0 Å². The number of rotatable bonds is 4. The number of aromatic nitrogens is 3. The third-order valence-corrected chi connectivity index (χ3v) is 5.44. The average molecular weight is 438 g/mol. The standard InChI is InChI=1S/C15H11F3N4O3S2.Na/c1-9(23)21-27(24,25)11-4-2-10(3-5-11)22-12(14-19-6-7-26-14)8-13(20-22)15(16,17)18;/h2-8H,1H3,(H,21,23);/q;+1/p-1. The fourth-order valence-corrected chi connectivity index (χ4v) is 3.76. The fraction of sp³-hybridized carbons (Fsp3) is 0.133. The summed E-state index contributed by atoms with van der Waals surface area (Å²) in [6.45, 7) is 0.995. The Morgan fingerprint density at radius 2 is 1.86 bits per heavy atom. The van der Waals surface area contributed by atoms with Crippen LogP contribution < -0.4 is 29.6 Å². The van der Waals surface area contributed by atoms with Crippen molar-refractivity contribution < 1.29 is 55.9 Å². The number of halogens is 3. The third-order valence-electron chi connectivity index (χ3n) is 3.28. The van der Waals surface area contributed by atoms with Gasteiger partial charge < -0.3 is 9.52 Å². The van der Waals surface area contributed by atoms with Crippen LogP contribution in [0.2, 0.25) is 0 Å². The van der Waals surface area contributed by atoms with Crippen molar-refractivity contribution in [3.63, 3.8) is 0 Å². The number of carbonyl (C=O) groups excluding carboxylic acids is 1. The number of hydrogen-bond acceptors (Lipinski definition) is 6. The molecule has 3 aromatic rings. The first-order chi connectivity index (χ1) is 12.6. The van der Waals surface area contributed by atoms with Gasteiger partial charge in [-0.3, -0.25) is 0 Å². The van der Waals surface area contributed by atoms with E-state index in [4.69, 9.17) is 0 Å². The van der Waals surface area contributed by atoms with Gasteiger partial charge in [0.05, 0.1) is 16.5 Å². The van der Waals surface area contributed by atoms with Gasteiger partial charge in [-0.05, 0) is 37.3 Å². The van der Waals surface area contributed by atoms with Crippen LogP contribution in [0.15, 0.2) is 46.8 Å². The van der Waals surface area contributed by atoms with E-state index >= 15 is 0 Å². The van der Waals surface area contributed by atoms with Crippen LogP contribution >= 0.6 is 11.3 Å². The van der Waals surface area contributed by atoms with Gasteiger partial charge in [0.1, 0.15) is 20.7 Å². The summed E-state index contributed by atoms with van der Waals surface area (Å²) in [4.78, 5) is 14.7. The number of benzene rings is 1. The number of sulfonamides is 1. The van der Waals surface area contributed by atoms with E-state index in [9.17, 15) is 26.4 Å². The van der Waals surface area contributed by atoms with Gasteiger partial charge in [0, 0.05) is 11.6 Å². The largest absolute Gasteiger partial charge is 1.00 e. The Kier molecular flexibility index (Phi) is 6.71. The Hall–Kier alpha value is -1.73. The number of carbonyl (C=O) groups is 1. The molecule has 7 nitrogen and oxygen atoms in total.